The zero-order valence-electron chi connectivity index (χ0n) is 36.9. The summed E-state index contributed by atoms with van der Waals surface area (Å²) in [6.07, 6.45) is 32.6. The Kier molecular flexibility index (Phi) is 15.5. The third kappa shape index (κ3) is 10.2. The average Bonchev–Trinajstić information content (AvgIpc) is 3.76. The number of fused-ring (bicyclic) bond motifs is 6. The molecule has 60 heavy (non-hydrogen) atoms. The van der Waals surface area contributed by atoms with E-state index >= 15 is 0 Å². The lowest BCUT2D eigenvalue weighted by Gasteiger charge is -2.24. The Bertz CT molecular complexity index is 2130. The predicted molar refractivity (Wildman–Crippen MR) is 266 cm³/mol. The third-order valence-electron chi connectivity index (χ3n) is 14.4. The fourth-order valence-corrected chi connectivity index (χ4v) is 11.7. The van der Waals surface area contributed by atoms with E-state index in [1.165, 1.54) is 210 Å². The maximum absolute atomic E-state index is 3.82. The van der Waals surface area contributed by atoms with Crippen LogP contribution in [0.5, 0.6) is 0 Å². The lowest BCUT2D eigenvalue weighted by Crippen LogP contribution is -2.16. The Morgan fingerprint density at radius 3 is 1.20 bits per heavy atom. The summed E-state index contributed by atoms with van der Waals surface area (Å²) in [5, 5.41) is 2.89. The Balaban J connectivity index is 0.951. The van der Waals surface area contributed by atoms with E-state index in [9.17, 15) is 0 Å². The fourth-order valence-electron chi connectivity index (χ4n) is 11.0. The smallest absolute Gasteiger partial charge is 0.0545 e. The number of benzene rings is 4. The van der Waals surface area contributed by atoms with Crippen LogP contribution in [0.15, 0.2) is 93.9 Å². The molecule has 0 saturated carbocycles. The van der Waals surface area contributed by atoms with E-state index in [-0.39, 0.29) is 0 Å². The topological polar surface area (TPSA) is 9.86 Å². The molecule has 0 aliphatic heterocycles. The lowest BCUT2D eigenvalue weighted by atomic mass is 9.83. The second kappa shape index (κ2) is 21.3. The number of rotatable bonds is 21. The molecule has 2 aliphatic carbocycles. The van der Waals surface area contributed by atoms with E-state index in [4.69, 9.17) is 0 Å². The molecule has 0 saturated heterocycles. The average molecular weight is 931 g/mol. The van der Waals surface area contributed by atoms with Crippen molar-refractivity contribution >= 4 is 53.7 Å². The summed E-state index contributed by atoms with van der Waals surface area (Å²) in [4.78, 5) is 0. The molecule has 2 aromatic heterocycles. The molecule has 2 heterocycles. The Hall–Kier alpha value is -3.08. The fraction of sp³-hybridized carbons (Fsp3) is 0.500. The van der Waals surface area contributed by atoms with Crippen molar-refractivity contribution in [2.75, 3.05) is 0 Å². The molecular weight excluding hydrogens is 860 g/mol. The van der Waals surface area contributed by atoms with Gasteiger partial charge in [0.25, 0.3) is 0 Å². The van der Waals surface area contributed by atoms with Crippen LogP contribution >= 0.6 is 31.9 Å². The van der Waals surface area contributed by atoms with Gasteiger partial charge in [-0.25, -0.2) is 0 Å². The molecule has 0 amide bonds. The first-order valence-electron chi connectivity index (χ1n) is 24.4. The highest BCUT2D eigenvalue weighted by molar-refractivity contribution is 9.10. The number of halogens is 2. The van der Waals surface area contributed by atoms with Crippen LogP contribution in [-0.2, 0) is 25.7 Å². The summed E-state index contributed by atoms with van der Waals surface area (Å²) >= 11 is 7.64. The van der Waals surface area contributed by atoms with Crippen LogP contribution in [0.25, 0.3) is 44.3 Å². The van der Waals surface area contributed by atoms with Crippen molar-refractivity contribution in [3.63, 3.8) is 0 Å². The van der Waals surface area contributed by atoms with Gasteiger partial charge >= 0.3 is 0 Å². The number of unbranched alkanes of at least 4 members (excludes halogenated alkanes) is 14. The molecule has 0 N–H and O–H groups in total. The second-order valence-corrected chi connectivity index (χ2v) is 20.5. The summed E-state index contributed by atoms with van der Waals surface area (Å²) < 4.78 is 7.46. The normalized spacial score (nSPS) is 16.5. The van der Waals surface area contributed by atoms with Gasteiger partial charge in [0.05, 0.1) is 11.0 Å². The second-order valence-electron chi connectivity index (χ2n) is 18.7. The van der Waals surface area contributed by atoms with Crippen LogP contribution in [-0.4, -0.2) is 9.13 Å². The van der Waals surface area contributed by atoms with Gasteiger partial charge in [0, 0.05) is 42.5 Å². The maximum atomic E-state index is 3.82. The minimum Gasteiger partial charge on any atom is -0.313 e. The molecule has 0 radical (unpaired) electrons. The van der Waals surface area contributed by atoms with Crippen molar-refractivity contribution in [1.82, 2.24) is 9.13 Å². The molecule has 4 heteroatoms. The maximum Gasteiger partial charge on any atom is 0.0545 e. The molecule has 8 rings (SSSR count). The van der Waals surface area contributed by atoms with Crippen molar-refractivity contribution < 1.29 is 0 Å². The summed E-state index contributed by atoms with van der Waals surface area (Å²) in [6.45, 7) is 4.62. The Morgan fingerprint density at radius 2 is 0.817 bits per heavy atom. The molecular formula is C56H70Br2N2. The van der Waals surface area contributed by atoms with Crippen LogP contribution < -0.4 is 0 Å². The zero-order valence-corrected chi connectivity index (χ0v) is 40.0. The molecule has 0 spiro atoms. The van der Waals surface area contributed by atoms with Crippen molar-refractivity contribution in [1.29, 1.82) is 0 Å². The van der Waals surface area contributed by atoms with Crippen molar-refractivity contribution in [3.05, 3.63) is 116 Å². The van der Waals surface area contributed by atoms with Crippen LogP contribution in [0.1, 0.15) is 165 Å². The van der Waals surface area contributed by atoms with Gasteiger partial charge in [-0.1, -0.05) is 198 Å². The number of hydrogen-bond donors (Lipinski definition) is 0. The minimum absolute atomic E-state index is 0.809. The van der Waals surface area contributed by atoms with Crippen molar-refractivity contribution in [2.24, 2.45) is 11.8 Å². The first kappa shape index (κ1) is 43.6. The molecule has 4 aromatic carbocycles. The standard InChI is InChI=1S/C56H70Br2N2/c1-3-5-7-9-11-13-15-17-19-41-21-35-53-51(37-41)49-33-27-45(57)39-55(49)59(53)47-29-23-43(24-30-47)44-25-31-48(32-26-44)60-54-36-22-42(20-18-16-14-12-10-8-6-4-2)38-52(54)50-34-28-46(58)40-56(50)60/h23-34,39-42H,3-22,35-38H2,1-2H3. The Morgan fingerprint density at radius 1 is 0.450 bits per heavy atom. The predicted octanol–water partition coefficient (Wildman–Crippen LogP) is 18.0. The van der Waals surface area contributed by atoms with E-state index in [0.29, 0.717) is 0 Å². The SMILES string of the molecule is CCCCCCCCCCC1CCc2c(c3ccc(Br)cc3n2-c2ccc(-c3ccc(-n4c5c(c6ccc(Br)cc64)CC(CCCCCCCCCC)CC5)cc3)cc2)C1. The lowest BCUT2D eigenvalue weighted by molar-refractivity contribution is 0.401. The van der Waals surface area contributed by atoms with Crippen LogP contribution in [0.2, 0.25) is 0 Å². The van der Waals surface area contributed by atoms with Crippen molar-refractivity contribution in [3.8, 4) is 22.5 Å². The molecule has 0 bridgehead atoms. The van der Waals surface area contributed by atoms with Gasteiger partial charge in [-0.2, -0.15) is 0 Å². The summed E-state index contributed by atoms with van der Waals surface area (Å²) in [5.74, 6) is 1.62. The minimum atomic E-state index is 0.809. The van der Waals surface area contributed by atoms with E-state index in [1.807, 2.05) is 0 Å². The number of nitrogens with zero attached hydrogens (tertiary/aromatic N) is 2. The molecule has 2 nitrogen and oxygen atoms in total. The van der Waals surface area contributed by atoms with E-state index in [2.05, 4.69) is 140 Å². The van der Waals surface area contributed by atoms with Crippen molar-refractivity contribution in [2.45, 2.75) is 168 Å². The Labute approximate surface area is 379 Å². The van der Waals surface area contributed by atoms with E-state index in [0.717, 1.165) is 20.8 Å². The summed E-state index contributed by atoms with van der Waals surface area (Å²) in [7, 11) is 0. The van der Waals surface area contributed by atoms with Crippen LogP contribution in [0.3, 0.4) is 0 Å². The van der Waals surface area contributed by atoms with Gasteiger partial charge < -0.3 is 9.13 Å². The van der Waals surface area contributed by atoms with Gasteiger partial charge in [0.1, 0.15) is 0 Å². The largest absolute Gasteiger partial charge is 0.313 e. The number of aromatic nitrogens is 2. The molecule has 2 aliphatic rings. The first-order valence-corrected chi connectivity index (χ1v) is 26.0. The molecule has 0 fully saturated rings. The zero-order chi connectivity index (χ0) is 41.3. The van der Waals surface area contributed by atoms with Gasteiger partial charge in [-0.3, -0.25) is 0 Å². The van der Waals surface area contributed by atoms with Crippen LogP contribution in [0, 0.1) is 11.8 Å². The monoisotopic (exact) mass is 928 g/mol. The van der Waals surface area contributed by atoms with E-state index in [1.54, 1.807) is 11.1 Å². The summed E-state index contributed by atoms with van der Waals surface area (Å²) in [6, 6.07) is 32.7. The molecule has 2 atom stereocenters. The van der Waals surface area contributed by atoms with Gasteiger partial charge in [-0.15, -0.1) is 0 Å². The van der Waals surface area contributed by atoms with Gasteiger partial charge in [-0.05, 0) is 121 Å². The summed E-state index contributed by atoms with van der Waals surface area (Å²) in [5.41, 5.74) is 14.0. The van der Waals surface area contributed by atoms with Crippen LogP contribution in [0.4, 0.5) is 0 Å². The van der Waals surface area contributed by atoms with E-state index < -0.39 is 0 Å². The molecule has 6 aromatic rings. The molecule has 318 valence electrons. The van der Waals surface area contributed by atoms with Gasteiger partial charge in [0.2, 0.25) is 0 Å². The highest BCUT2D eigenvalue weighted by Crippen LogP contribution is 2.41. The first-order chi connectivity index (χ1) is 29.5. The third-order valence-corrected chi connectivity index (χ3v) is 15.4. The van der Waals surface area contributed by atoms with Gasteiger partial charge in [0.15, 0.2) is 0 Å². The highest BCUT2D eigenvalue weighted by atomic mass is 79.9. The molecule has 2 unspecified atom stereocenters. The quantitative estimate of drug-likeness (QED) is 0.0637. The highest BCUT2D eigenvalue weighted by Gasteiger charge is 2.28. The number of hydrogen-bond acceptors (Lipinski definition) is 0.